The van der Waals surface area contributed by atoms with Crippen molar-refractivity contribution in [3.63, 3.8) is 0 Å². The van der Waals surface area contributed by atoms with E-state index in [1.54, 1.807) is 0 Å². The van der Waals surface area contributed by atoms with E-state index < -0.39 is 0 Å². The minimum atomic E-state index is 0.284. The lowest BCUT2D eigenvalue weighted by Crippen LogP contribution is -2.45. The van der Waals surface area contributed by atoms with E-state index in [9.17, 15) is 4.79 Å². The van der Waals surface area contributed by atoms with Gasteiger partial charge in [-0.2, -0.15) is 0 Å². The molecule has 0 radical (unpaired) electrons. The topological polar surface area (TPSA) is 23.6 Å². The Morgan fingerprint density at radius 3 is 2.43 bits per heavy atom. The van der Waals surface area contributed by atoms with E-state index in [0.717, 1.165) is 38.4 Å². The standard InChI is InChI=1S/C18H28N2O/c1-15(2)20(13-17-7-5-4-6-8-17)14-18(21)19-11-9-16(3)10-12-19/h4-8,15-16H,9-14H2,1-3H3. The largest absolute Gasteiger partial charge is 0.342 e. The minimum absolute atomic E-state index is 0.284. The summed E-state index contributed by atoms with van der Waals surface area (Å²) in [7, 11) is 0. The van der Waals surface area contributed by atoms with E-state index in [1.165, 1.54) is 5.56 Å². The molecule has 0 N–H and O–H groups in total. The smallest absolute Gasteiger partial charge is 0.236 e. The zero-order chi connectivity index (χ0) is 15.2. The molecule has 0 aromatic heterocycles. The number of carbonyl (C=O) groups is 1. The van der Waals surface area contributed by atoms with Gasteiger partial charge in [-0.3, -0.25) is 9.69 Å². The number of piperidine rings is 1. The lowest BCUT2D eigenvalue weighted by Gasteiger charge is -2.33. The quantitative estimate of drug-likeness (QED) is 0.831. The number of benzene rings is 1. The van der Waals surface area contributed by atoms with E-state index in [0.29, 0.717) is 12.6 Å². The maximum absolute atomic E-state index is 12.5. The Kier molecular flexibility index (Phi) is 5.80. The van der Waals surface area contributed by atoms with Crippen LogP contribution >= 0.6 is 0 Å². The molecule has 21 heavy (non-hydrogen) atoms. The van der Waals surface area contributed by atoms with Crippen molar-refractivity contribution in [1.82, 2.24) is 9.80 Å². The molecule has 0 spiro atoms. The van der Waals surface area contributed by atoms with Crippen LogP contribution in [-0.2, 0) is 11.3 Å². The van der Waals surface area contributed by atoms with Gasteiger partial charge in [0.15, 0.2) is 0 Å². The van der Waals surface area contributed by atoms with Crippen LogP contribution in [0.3, 0.4) is 0 Å². The van der Waals surface area contributed by atoms with Gasteiger partial charge in [-0.15, -0.1) is 0 Å². The van der Waals surface area contributed by atoms with Gasteiger partial charge in [0, 0.05) is 25.7 Å². The van der Waals surface area contributed by atoms with Crippen LogP contribution in [0.5, 0.6) is 0 Å². The molecule has 0 aliphatic carbocycles. The first-order chi connectivity index (χ1) is 10.1. The second kappa shape index (κ2) is 7.60. The lowest BCUT2D eigenvalue weighted by atomic mass is 9.99. The Hall–Kier alpha value is -1.35. The van der Waals surface area contributed by atoms with Crippen molar-refractivity contribution in [1.29, 1.82) is 0 Å². The van der Waals surface area contributed by atoms with E-state index in [2.05, 4.69) is 49.9 Å². The summed E-state index contributed by atoms with van der Waals surface area (Å²) in [6.07, 6.45) is 2.29. The van der Waals surface area contributed by atoms with Crippen molar-refractivity contribution in [3.05, 3.63) is 35.9 Å². The molecule has 116 valence electrons. The third-order valence-electron chi connectivity index (χ3n) is 4.43. The van der Waals surface area contributed by atoms with Gasteiger partial charge in [0.25, 0.3) is 0 Å². The Bertz CT molecular complexity index is 436. The van der Waals surface area contributed by atoms with Crippen LogP contribution in [0.25, 0.3) is 0 Å². The summed E-state index contributed by atoms with van der Waals surface area (Å²) < 4.78 is 0. The first-order valence-electron chi connectivity index (χ1n) is 8.12. The molecule has 0 bridgehead atoms. The fourth-order valence-electron chi connectivity index (χ4n) is 2.77. The van der Waals surface area contributed by atoms with Crippen LogP contribution in [0.2, 0.25) is 0 Å². The maximum atomic E-state index is 12.5. The lowest BCUT2D eigenvalue weighted by molar-refractivity contribution is -0.134. The van der Waals surface area contributed by atoms with Gasteiger partial charge >= 0.3 is 0 Å². The SMILES string of the molecule is CC1CCN(C(=O)CN(Cc2ccccc2)C(C)C)CC1. The summed E-state index contributed by atoms with van der Waals surface area (Å²) >= 11 is 0. The van der Waals surface area contributed by atoms with Crippen molar-refractivity contribution < 1.29 is 4.79 Å². The molecule has 1 aromatic rings. The van der Waals surface area contributed by atoms with Crippen LogP contribution in [0.15, 0.2) is 30.3 Å². The number of rotatable bonds is 5. The number of amides is 1. The molecule has 3 heteroatoms. The van der Waals surface area contributed by atoms with E-state index in [1.807, 2.05) is 11.0 Å². The van der Waals surface area contributed by atoms with Gasteiger partial charge in [-0.05, 0) is 38.2 Å². The Labute approximate surface area is 128 Å². The highest BCUT2D eigenvalue weighted by Gasteiger charge is 2.23. The molecule has 1 amide bonds. The molecule has 2 rings (SSSR count). The summed E-state index contributed by atoms with van der Waals surface area (Å²) in [5, 5.41) is 0. The first kappa shape index (κ1) is 16.0. The van der Waals surface area contributed by atoms with E-state index in [-0.39, 0.29) is 5.91 Å². The van der Waals surface area contributed by atoms with Crippen molar-refractivity contribution >= 4 is 5.91 Å². The number of nitrogens with zero attached hydrogens (tertiary/aromatic N) is 2. The molecule has 1 aliphatic heterocycles. The molecule has 0 atom stereocenters. The Morgan fingerprint density at radius 1 is 1.24 bits per heavy atom. The van der Waals surface area contributed by atoms with Crippen LogP contribution in [0.1, 0.15) is 39.2 Å². The average Bonchev–Trinajstić information content (AvgIpc) is 2.48. The van der Waals surface area contributed by atoms with E-state index >= 15 is 0 Å². The van der Waals surface area contributed by atoms with Gasteiger partial charge in [0.1, 0.15) is 0 Å². The predicted octanol–water partition coefficient (Wildman–Crippen LogP) is 3.16. The fraction of sp³-hybridized carbons (Fsp3) is 0.611. The first-order valence-corrected chi connectivity index (χ1v) is 8.12. The van der Waals surface area contributed by atoms with Crippen LogP contribution in [-0.4, -0.2) is 41.4 Å². The van der Waals surface area contributed by atoms with Crippen molar-refractivity contribution in [2.45, 2.75) is 46.2 Å². The third kappa shape index (κ3) is 4.85. The molecule has 1 saturated heterocycles. The number of hydrogen-bond acceptors (Lipinski definition) is 2. The van der Waals surface area contributed by atoms with E-state index in [4.69, 9.17) is 0 Å². The van der Waals surface area contributed by atoms with Crippen LogP contribution in [0, 0.1) is 5.92 Å². The molecule has 1 fully saturated rings. The molecule has 0 saturated carbocycles. The zero-order valence-electron chi connectivity index (χ0n) is 13.6. The average molecular weight is 288 g/mol. The van der Waals surface area contributed by atoms with Crippen LogP contribution in [0.4, 0.5) is 0 Å². The summed E-state index contributed by atoms with van der Waals surface area (Å²) in [4.78, 5) is 16.8. The molecule has 3 nitrogen and oxygen atoms in total. The third-order valence-corrected chi connectivity index (χ3v) is 4.43. The number of hydrogen-bond donors (Lipinski definition) is 0. The molecule has 0 unspecified atom stereocenters. The van der Waals surface area contributed by atoms with Gasteiger partial charge in [0.2, 0.25) is 5.91 Å². The molecule has 1 heterocycles. The summed E-state index contributed by atoms with van der Waals surface area (Å²) in [6.45, 7) is 9.82. The highest BCUT2D eigenvalue weighted by atomic mass is 16.2. The fourth-order valence-corrected chi connectivity index (χ4v) is 2.77. The predicted molar refractivity (Wildman–Crippen MR) is 87.0 cm³/mol. The summed E-state index contributed by atoms with van der Waals surface area (Å²) in [6, 6.07) is 10.8. The highest BCUT2D eigenvalue weighted by Crippen LogP contribution is 2.17. The normalized spacial score (nSPS) is 16.7. The number of likely N-dealkylation sites (tertiary alicyclic amines) is 1. The maximum Gasteiger partial charge on any atom is 0.236 e. The Balaban J connectivity index is 1.91. The minimum Gasteiger partial charge on any atom is -0.342 e. The number of carbonyl (C=O) groups excluding carboxylic acids is 1. The van der Waals surface area contributed by atoms with Gasteiger partial charge in [-0.25, -0.2) is 0 Å². The van der Waals surface area contributed by atoms with Crippen molar-refractivity contribution in [2.75, 3.05) is 19.6 Å². The van der Waals surface area contributed by atoms with Crippen molar-refractivity contribution in [2.24, 2.45) is 5.92 Å². The van der Waals surface area contributed by atoms with Crippen molar-refractivity contribution in [3.8, 4) is 0 Å². The zero-order valence-corrected chi connectivity index (χ0v) is 13.6. The second-order valence-electron chi connectivity index (χ2n) is 6.55. The summed E-state index contributed by atoms with van der Waals surface area (Å²) in [5.41, 5.74) is 1.27. The molecular formula is C18H28N2O. The van der Waals surface area contributed by atoms with Gasteiger partial charge in [0.05, 0.1) is 6.54 Å². The molecule has 1 aliphatic rings. The molecule has 1 aromatic carbocycles. The van der Waals surface area contributed by atoms with Gasteiger partial charge in [-0.1, -0.05) is 37.3 Å². The highest BCUT2D eigenvalue weighted by molar-refractivity contribution is 5.78. The molecular weight excluding hydrogens is 260 g/mol. The van der Waals surface area contributed by atoms with Gasteiger partial charge < -0.3 is 4.90 Å². The van der Waals surface area contributed by atoms with Crippen LogP contribution < -0.4 is 0 Å². The summed E-state index contributed by atoms with van der Waals surface area (Å²) in [5.74, 6) is 1.05. The monoisotopic (exact) mass is 288 g/mol. The Morgan fingerprint density at radius 2 is 1.86 bits per heavy atom. The second-order valence-corrected chi connectivity index (χ2v) is 6.55.